The number of anilines is 1. The molecule has 1 aromatic heterocycles. The van der Waals surface area contributed by atoms with Crippen molar-refractivity contribution >= 4 is 63.8 Å². The Morgan fingerprint density at radius 2 is 1.77 bits per heavy atom. The number of hydrogen-bond acceptors (Lipinski definition) is 3. The smallest absolute Gasteiger partial charge is 0.245 e. The first kappa shape index (κ1) is 18.6. The largest absolute Gasteiger partial charge is 0.332 e. The van der Waals surface area contributed by atoms with E-state index >= 15 is 0 Å². The number of amides is 1. The first-order chi connectivity index (χ1) is 12.4. The summed E-state index contributed by atoms with van der Waals surface area (Å²) in [6.45, 7) is 0. The average Bonchev–Trinajstić information content (AvgIpc) is 3.02. The first-order valence-electron chi connectivity index (χ1n) is 7.73. The summed E-state index contributed by atoms with van der Waals surface area (Å²) in [7, 11) is 0. The molecule has 0 aliphatic carbocycles. The Hall–Kier alpha value is -2.21. The predicted molar refractivity (Wildman–Crippen MR) is 107 cm³/mol. The molecule has 0 radical (unpaired) electrons. The van der Waals surface area contributed by atoms with Crippen molar-refractivity contribution in [2.75, 3.05) is 5.32 Å². The van der Waals surface area contributed by atoms with Gasteiger partial charge in [-0.15, -0.1) is 0 Å². The van der Waals surface area contributed by atoms with Gasteiger partial charge in [0, 0.05) is 6.08 Å². The van der Waals surface area contributed by atoms with Gasteiger partial charge in [-0.1, -0.05) is 77.3 Å². The van der Waals surface area contributed by atoms with Gasteiger partial charge in [0.2, 0.25) is 15.6 Å². The maximum atomic E-state index is 12.2. The van der Waals surface area contributed by atoms with E-state index in [-0.39, 0.29) is 0 Å². The number of benzene rings is 2. The number of nitrogens with one attached hydrogen (secondary N) is 3. The van der Waals surface area contributed by atoms with Crippen LogP contribution in [-0.2, 0) is 4.79 Å². The molecule has 5 nitrogen and oxygen atoms in total. The number of hydrogen-bond donors (Lipinski definition) is 3. The van der Waals surface area contributed by atoms with Crippen LogP contribution in [0.2, 0.25) is 0 Å². The van der Waals surface area contributed by atoms with Crippen LogP contribution in [0.4, 0.5) is 5.95 Å². The van der Waals surface area contributed by atoms with Crippen LogP contribution >= 0.6 is 34.8 Å². The Balaban J connectivity index is 1.71. The number of aromatic amines is 1. The number of halogens is 3. The number of rotatable bonds is 5. The molecule has 3 aromatic rings. The lowest BCUT2D eigenvalue weighted by Crippen LogP contribution is -2.48. The lowest BCUT2D eigenvalue weighted by molar-refractivity contribution is -0.116. The highest BCUT2D eigenvalue weighted by Gasteiger charge is 2.34. The molecule has 134 valence electrons. The van der Waals surface area contributed by atoms with E-state index < -0.39 is 15.9 Å². The van der Waals surface area contributed by atoms with Crippen LogP contribution < -0.4 is 10.6 Å². The van der Waals surface area contributed by atoms with Crippen LogP contribution in [0.15, 0.2) is 60.7 Å². The van der Waals surface area contributed by atoms with Crippen molar-refractivity contribution in [3.8, 4) is 0 Å². The highest BCUT2D eigenvalue weighted by atomic mass is 35.6. The molecule has 0 fully saturated rings. The molecule has 0 spiro atoms. The van der Waals surface area contributed by atoms with Crippen molar-refractivity contribution in [3.05, 3.63) is 66.2 Å². The van der Waals surface area contributed by atoms with Gasteiger partial charge in [0.1, 0.15) is 6.17 Å². The molecule has 1 amide bonds. The van der Waals surface area contributed by atoms with Crippen molar-refractivity contribution in [1.29, 1.82) is 0 Å². The van der Waals surface area contributed by atoms with Crippen LogP contribution in [0.25, 0.3) is 17.1 Å². The van der Waals surface area contributed by atoms with Crippen LogP contribution in [0.5, 0.6) is 0 Å². The third-order valence-electron chi connectivity index (χ3n) is 3.51. The summed E-state index contributed by atoms with van der Waals surface area (Å²) in [5.74, 6) is -0.0244. The Kier molecular flexibility index (Phi) is 5.71. The summed E-state index contributed by atoms with van der Waals surface area (Å²) in [6, 6.07) is 16.9. The SMILES string of the molecule is O=C(/C=C/c1ccccc1)NC(Nc1nc2ccccc2[nH]1)C(Cl)(Cl)Cl. The topological polar surface area (TPSA) is 69.8 Å². The molecule has 0 aliphatic rings. The zero-order chi connectivity index (χ0) is 18.6. The van der Waals surface area contributed by atoms with E-state index in [1.54, 1.807) is 6.08 Å². The van der Waals surface area contributed by atoms with Crippen molar-refractivity contribution < 1.29 is 4.79 Å². The third kappa shape index (κ3) is 4.91. The van der Waals surface area contributed by atoms with Gasteiger partial charge >= 0.3 is 0 Å². The fraction of sp³-hybridized carbons (Fsp3) is 0.111. The van der Waals surface area contributed by atoms with Crippen molar-refractivity contribution in [3.63, 3.8) is 0 Å². The molecule has 0 saturated carbocycles. The second-order valence-electron chi connectivity index (χ2n) is 5.47. The molecule has 0 aliphatic heterocycles. The number of aromatic nitrogens is 2. The van der Waals surface area contributed by atoms with Crippen molar-refractivity contribution in [2.45, 2.75) is 9.96 Å². The average molecular weight is 410 g/mol. The normalized spacial score (nSPS) is 13.0. The molecule has 26 heavy (non-hydrogen) atoms. The van der Waals surface area contributed by atoms with E-state index in [0.29, 0.717) is 5.95 Å². The van der Waals surface area contributed by atoms with Gasteiger partial charge in [-0.05, 0) is 23.8 Å². The van der Waals surface area contributed by atoms with Gasteiger partial charge < -0.3 is 15.6 Å². The highest BCUT2D eigenvalue weighted by Crippen LogP contribution is 2.31. The highest BCUT2D eigenvalue weighted by molar-refractivity contribution is 6.68. The van der Waals surface area contributed by atoms with E-state index in [1.807, 2.05) is 54.6 Å². The minimum Gasteiger partial charge on any atom is -0.332 e. The van der Waals surface area contributed by atoms with Crippen LogP contribution in [0.1, 0.15) is 5.56 Å². The molecule has 1 atom stereocenters. The van der Waals surface area contributed by atoms with E-state index in [1.165, 1.54) is 6.08 Å². The molecular weight excluding hydrogens is 395 g/mol. The summed E-state index contributed by atoms with van der Waals surface area (Å²) in [5, 5.41) is 5.54. The number of H-pyrrole nitrogens is 1. The van der Waals surface area contributed by atoms with E-state index in [4.69, 9.17) is 34.8 Å². The summed E-state index contributed by atoms with van der Waals surface area (Å²) in [5.41, 5.74) is 2.47. The molecule has 2 aromatic carbocycles. The zero-order valence-electron chi connectivity index (χ0n) is 13.4. The molecule has 0 bridgehead atoms. The van der Waals surface area contributed by atoms with Gasteiger partial charge in [-0.25, -0.2) is 4.98 Å². The monoisotopic (exact) mass is 408 g/mol. The minimum atomic E-state index is -1.78. The number of imidazole rings is 1. The van der Waals surface area contributed by atoms with Gasteiger partial charge in [0.05, 0.1) is 11.0 Å². The van der Waals surface area contributed by atoms with E-state index in [9.17, 15) is 4.79 Å². The molecule has 1 unspecified atom stereocenters. The van der Waals surface area contributed by atoms with Crippen LogP contribution in [-0.4, -0.2) is 25.8 Å². The lowest BCUT2D eigenvalue weighted by atomic mass is 10.2. The van der Waals surface area contributed by atoms with Crippen molar-refractivity contribution in [2.24, 2.45) is 0 Å². The zero-order valence-corrected chi connectivity index (χ0v) is 15.7. The molecular formula is C18H15Cl3N4O. The number of para-hydroxylation sites is 2. The van der Waals surface area contributed by atoms with Crippen molar-refractivity contribution in [1.82, 2.24) is 15.3 Å². The standard InChI is InChI=1S/C18H15Cl3N4O/c19-18(20,21)16(24-15(26)11-10-12-6-2-1-3-7-12)25-17-22-13-8-4-5-9-14(13)23-17/h1-11,16H,(H,24,26)(H2,22,23,25)/b11-10+. The lowest BCUT2D eigenvalue weighted by Gasteiger charge is -2.25. The molecule has 3 N–H and O–H groups in total. The molecule has 1 heterocycles. The third-order valence-corrected chi connectivity index (χ3v) is 4.17. The van der Waals surface area contributed by atoms with Gasteiger partial charge in [0.25, 0.3) is 0 Å². The quantitative estimate of drug-likeness (QED) is 0.330. The Labute approximate surface area is 165 Å². The van der Waals surface area contributed by atoms with Crippen LogP contribution in [0.3, 0.4) is 0 Å². The fourth-order valence-electron chi connectivity index (χ4n) is 2.28. The maximum Gasteiger partial charge on any atom is 0.245 e. The second kappa shape index (κ2) is 7.99. The summed E-state index contributed by atoms with van der Waals surface area (Å²) in [4.78, 5) is 19.6. The number of carbonyl (C=O) groups excluding carboxylic acids is 1. The number of alkyl halides is 3. The first-order valence-corrected chi connectivity index (χ1v) is 8.87. The van der Waals surface area contributed by atoms with Crippen LogP contribution in [0, 0.1) is 0 Å². The molecule has 8 heteroatoms. The summed E-state index contributed by atoms with van der Waals surface area (Å²) >= 11 is 18.0. The van der Waals surface area contributed by atoms with E-state index in [2.05, 4.69) is 20.6 Å². The number of carbonyl (C=O) groups is 1. The van der Waals surface area contributed by atoms with Gasteiger partial charge in [0.15, 0.2) is 0 Å². The summed E-state index contributed by atoms with van der Waals surface area (Å²) in [6.07, 6.45) is 2.06. The Bertz CT molecular complexity index is 886. The van der Waals surface area contributed by atoms with E-state index in [0.717, 1.165) is 16.6 Å². The fourth-order valence-corrected chi connectivity index (χ4v) is 2.61. The summed E-state index contributed by atoms with van der Waals surface area (Å²) < 4.78 is -1.78. The Morgan fingerprint density at radius 3 is 2.46 bits per heavy atom. The minimum absolute atomic E-state index is 0.384. The Morgan fingerprint density at radius 1 is 1.08 bits per heavy atom. The molecule has 3 rings (SSSR count). The molecule has 0 saturated heterocycles. The van der Waals surface area contributed by atoms with Gasteiger partial charge in [-0.2, -0.15) is 0 Å². The predicted octanol–water partition coefficient (Wildman–Crippen LogP) is 4.50. The second-order valence-corrected chi connectivity index (χ2v) is 7.84. The van der Waals surface area contributed by atoms with Gasteiger partial charge in [-0.3, -0.25) is 4.79 Å². The number of nitrogens with zero attached hydrogens (tertiary/aromatic N) is 1. The maximum absolute atomic E-state index is 12.2. The number of fused-ring (bicyclic) bond motifs is 1.